The van der Waals surface area contributed by atoms with Gasteiger partial charge in [0.2, 0.25) is 10.0 Å². The fourth-order valence-electron chi connectivity index (χ4n) is 1.65. The number of sulfonamides is 1. The van der Waals surface area contributed by atoms with Gasteiger partial charge in [0.1, 0.15) is 6.54 Å². The first kappa shape index (κ1) is 18.2. The van der Waals surface area contributed by atoms with Gasteiger partial charge in [0.25, 0.3) is 0 Å². The number of nitrogen functional groups attached to an aromatic ring is 1. The van der Waals surface area contributed by atoms with Crippen LogP contribution in [0, 0.1) is 0 Å². The normalized spacial score (nSPS) is 11.7. The highest BCUT2D eigenvalue weighted by Gasteiger charge is 2.29. The molecule has 0 aliphatic carbocycles. The van der Waals surface area contributed by atoms with Crippen molar-refractivity contribution in [1.29, 1.82) is 0 Å². The number of ether oxygens (including phenoxy) is 1. The van der Waals surface area contributed by atoms with E-state index >= 15 is 0 Å². The molecule has 9 heteroatoms. The second-order valence-electron chi connectivity index (χ2n) is 4.22. The van der Waals surface area contributed by atoms with E-state index in [2.05, 4.69) is 20.7 Å². The Hall–Kier alpha value is -0.830. The molecule has 2 N–H and O–H groups in total. The standard InChI is InChI=1S/C12H16BrClN2O4S/c1-3-4-16(7-11(17)20-2)21(18,19)10-6-8(14)5-9(15)12(10)13/h5-6H,3-4,7,15H2,1-2H3. The van der Waals surface area contributed by atoms with Crippen molar-refractivity contribution >= 4 is 49.2 Å². The average Bonchev–Trinajstić information content (AvgIpc) is 2.41. The van der Waals surface area contributed by atoms with Gasteiger partial charge in [-0.1, -0.05) is 18.5 Å². The highest BCUT2D eigenvalue weighted by atomic mass is 79.9. The molecule has 0 saturated carbocycles. The van der Waals surface area contributed by atoms with Crippen LogP contribution in [0.4, 0.5) is 5.69 Å². The Morgan fingerprint density at radius 2 is 2.10 bits per heavy atom. The molecule has 0 aromatic heterocycles. The number of nitrogens with zero attached hydrogens (tertiary/aromatic N) is 1. The van der Waals surface area contributed by atoms with E-state index < -0.39 is 16.0 Å². The van der Waals surface area contributed by atoms with E-state index in [4.69, 9.17) is 17.3 Å². The van der Waals surface area contributed by atoms with Crippen LogP contribution >= 0.6 is 27.5 Å². The van der Waals surface area contributed by atoms with Crippen LogP contribution in [0.5, 0.6) is 0 Å². The molecule has 0 aliphatic rings. The van der Waals surface area contributed by atoms with E-state index in [0.29, 0.717) is 6.42 Å². The van der Waals surface area contributed by atoms with Crippen LogP contribution in [0.25, 0.3) is 0 Å². The summed E-state index contributed by atoms with van der Waals surface area (Å²) in [4.78, 5) is 11.3. The molecule has 0 bridgehead atoms. The molecular formula is C12H16BrClN2O4S. The van der Waals surface area contributed by atoms with Crippen LogP contribution in [0.15, 0.2) is 21.5 Å². The smallest absolute Gasteiger partial charge is 0.321 e. The van der Waals surface area contributed by atoms with E-state index in [1.54, 1.807) is 6.92 Å². The Morgan fingerprint density at radius 3 is 2.62 bits per heavy atom. The summed E-state index contributed by atoms with van der Waals surface area (Å²) in [6, 6.07) is 2.73. The van der Waals surface area contributed by atoms with E-state index in [1.807, 2.05) is 0 Å². The second kappa shape index (κ2) is 7.44. The molecule has 0 radical (unpaired) electrons. The van der Waals surface area contributed by atoms with Crippen molar-refractivity contribution in [3.8, 4) is 0 Å². The number of anilines is 1. The van der Waals surface area contributed by atoms with Crippen LogP contribution in [-0.4, -0.2) is 38.9 Å². The van der Waals surface area contributed by atoms with Crippen LogP contribution < -0.4 is 5.73 Å². The fraction of sp³-hybridized carbons (Fsp3) is 0.417. The molecule has 0 amide bonds. The van der Waals surface area contributed by atoms with Gasteiger partial charge in [-0.05, 0) is 34.5 Å². The maximum Gasteiger partial charge on any atom is 0.321 e. The minimum Gasteiger partial charge on any atom is -0.468 e. The van der Waals surface area contributed by atoms with Gasteiger partial charge in [-0.3, -0.25) is 4.79 Å². The topological polar surface area (TPSA) is 89.7 Å². The summed E-state index contributed by atoms with van der Waals surface area (Å²) in [5, 5.41) is 0.198. The average molecular weight is 400 g/mol. The molecular weight excluding hydrogens is 384 g/mol. The minimum atomic E-state index is -3.92. The Bertz CT molecular complexity index is 636. The van der Waals surface area contributed by atoms with E-state index in [-0.39, 0.29) is 33.2 Å². The van der Waals surface area contributed by atoms with Gasteiger partial charge in [0.05, 0.1) is 16.5 Å². The van der Waals surface area contributed by atoms with E-state index in [0.717, 1.165) is 4.31 Å². The maximum absolute atomic E-state index is 12.7. The lowest BCUT2D eigenvalue weighted by atomic mass is 10.3. The van der Waals surface area contributed by atoms with Gasteiger partial charge in [-0.15, -0.1) is 0 Å². The van der Waals surface area contributed by atoms with Gasteiger partial charge < -0.3 is 10.5 Å². The summed E-state index contributed by atoms with van der Waals surface area (Å²) in [6.45, 7) is 1.61. The van der Waals surface area contributed by atoms with Gasteiger partial charge in [-0.25, -0.2) is 8.42 Å². The molecule has 118 valence electrons. The lowest BCUT2D eigenvalue weighted by molar-refractivity contribution is -0.140. The van der Waals surface area contributed by atoms with Crippen molar-refractivity contribution in [2.24, 2.45) is 0 Å². The number of hydrogen-bond donors (Lipinski definition) is 1. The number of rotatable bonds is 6. The van der Waals surface area contributed by atoms with Crippen molar-refractivity contribution in [1.82, 2.24) is 4.31 Å². The molecule has 1 aromatic rings. The number of benzene rings is 1. The number of carbonyl (C=O) groups excluding carboxylic acids is 1. The van der Waals surface area contributed by atoms with Gasteiger partial charge in [0.15, 0.2) is 0 Å². The predicted octanol–water partition coefficient (Wildman–Crippen LogP) is 2.26. The maximum atomic E-state index is 12.7. The molecule has 0 unspecified atom stereocenters. The van der Waals surface area contributed by atoms with Crippen molar-refractivity contribution < 1.29 is 17.9 Å². The summed E-state index contributed by atoms with van der Waals surface area (Å²) < 4.78 is 31.1. The molecule has 0 spiro atoms. The Labute approximate surface area is 137 Å². The minimum absolute atomic E-state index is 0.0788. The highest BCUT2D eigenvalue weighted by Crippen LogP contribution is 2.33. The molecule has 1 aromatic carbocycles. The Kier molecular flexibility index (Phi) is 6.45. The Balaban J connectivity index is 3.32. The number of esters is 1. The van der Waals surface area contributed by atoms with Gasteiger partial charge in [-0.2, -0.15) is 4.31 Å². The molecule has 0 aliphatic heterocycles. The summed E-state index contributed by atoms with van der Waals surface area (Å²) in [5.74, 6) is -0.641. The molecule has 0 saturated heterocycles. The lowest BCUT2D eigenvalue weighted by Gasteiger charge is -2.21. The number of carbonyl (C=O) groups is 1. The van der Waals surface area contributed by atoms with Crippen molar-refractivity contribution in [2.45, 2.75) is 18.2 Å². The number of halogens is 2. The van der Waals surface area contributed by atoms with Gasteiger partial charge >= 0.3 is 5.97 Å². The third-order valence-corrected chi connectivity index (χ3v) is 5.89. The van der Waals surface area contributed by atoms with Crippen LogP contribution in [0.2, 0.25) is 5.02 Å². The number of methoxy groups -OCH3 is 1. The second-order valence-corrected chi connectivity index (χ2v) is 7.36. The Morgan fingerprint density at radius 1 is 1.48 bits per heavy atom. The number of hydrogen-bond acceptors (Lipinski definition) is 5. The third kappa shape index (κ3) is 4.32. The lowest BCUT2D eigenvalue weighted by Crippen LogP contribution is -2.37. The zero-order valence-corrected chi connectivity index (χ0v) is 14.8. The monoisotopic (exact) mass is 398 g/mol. The molecule has 0 atom stereocenters. The summed E-state index contributed by atoms with van der Waals surface area (Å²) in [6.07, 6.45) is 0.546. The van der Waals surface area contributed by atoms with Crippen LogP contribution in [0.1, 0.15) is 13.3 Å². The first-order valence-corrected chi connectivity index (χ1v) is 8.66. The largest absolute Gasteiger partial charge is 0.468 e. The van der Waals surface area contributed by atoms with E-state index in [9.17, 15) is 13.2 Å². The number of nitrogens with two attached hydrogens (primary N) is 1. The third-order valence-electron chi connectivity index (χ3n) is 2.66. The molecule has 0 fully saturated rings. The van der Waals surface area contributed by atoms with Crippen molar-refractivity contribution in [3.05, 3.63) is 21.6 Å². The molecule has 21 heavy (non-hydrogen) atoms. The van der Waals surface area contributed by atoms with E-state index in [1.165, 1.54) is 19.2 Å². The van der Waals surface area contributed by atoms with Crippen LogP contribution in [0.3, 0.4) is 0 Å². The zero-order chi connectivity index (χ0) is 16.2. The highest BCUT2D eigenvalue weighted by molar-refractivity contribution is 9.10. The predicted molar refractivity (Wildman–Crippen MR) is 84.6 cm³/mol. The molecule has 6 nitrogen and oxygen atoms in total. The SMILES string of the molecule is CCCN(CC(=O)OC)S(=O)(=O)c1cc(Cl)cc(N)c1Br. The summed E-state index contributed by atoms with van der Waals surface area (Å²) in [5.41, 5.74) is 5.92. The van der Waals surface area contributed by atoms with Crippen LogP contribution in [-0.2, 0) is 19.6 Å². The first-order valence-electron chi connectivity index (χ1n) is 6.05. The fourth-order valence-corrected chi connectivity index (χ4v) is 4.38. The first-order chi connectivity index (χ1) is 9.73. The summed E-state index contributed by atoms with van der Waals surface area (Å²) >= 11 is 9.01. The van der Waals surface area contributed by atoms with Gasteiger partial charge in [0, 0.05) is 17.3 Å². The zero-order valence-electron chi connectivity index (χ0n) is 11.6. The quantitative estimate of drug-likeness (QED) is 0.585. The summed E-state index contributed by atoms with van der Waals surface area (Å²) in [7, 11) is -2.72. The molecule has 0 heterocycles. The molecule has 1 rings (SSSR count). The van der Waals surface area contributed by atoms with Crippen molar-refractivity contribution in [2.75, 3.05) is 25.9 Å². The van der Waals surface area contributed by atoms with Crippen molar-refractivity contribution in [3.63, 3.8) is 0 Å².